The molecule has 2 aliphatic rings. The molecule has 2 saturated heterocycles. The van der Waals surface area contributed by atoms with Gasteiger partial charge < -0.3 is 9.64 Å². The number of nitrogens with zero attached hydrogens (tertiary/aromatic N) is 4. The van der Waals surface area contributed by atoms with Crippen LogP contribution in [-0.4, -0.2) is 70.9 Å². The van der Waals surface area contributed by atoms with Gasteiger partial charge in [-0.25, -0.2) is 0 Å². The quantitative estimate of drug-likeness (QED) is 0.814. The minimum absolute atomic E-state index is 0.270. The van der Waals surface area contributed by atoms with Gasteiger partial charge in [-0.2, -0.15) is 5.10 Å². The molecule has 1 aromatic rings. The SMILES string of the molecule is CC1CN(C(=O)CCc2cnn(C)c2)CC1N1CCOCC1. The molecule has 2 fully saturated rings. The molecule has 2 unspecified atom stereocenters. The zero-order valence-corrected chi connectivity index (χ0v) is 13.6. The Balaban J connectivity index is 1.51. The minimum atomic E-state index is 0.270. The van der Waals surface area contributed by atoms with Crippen LogP contribution in [0.25, 0.3) is 0 Å². The topological polar surface area (TPSA) is 50.6 Å². The Morgan fingerprint density at radius 1 is 1.36 bits per heavy atom. The van der Waals surface area contributed by atoms with Crippen molar-refractivity contribution in [3.05, 3.63) is 18.0 Å². The van der Waals surface area contributed by atoms with Crippen LogP contribution in [-0.2, 0) is 23.0 Å². The molecule has 6 nitrogen and oxygen atoms in total. The minimum Gasteiger partial charge on any atom is -0.379 e. The maximum absolute atomic E-state index is 12.5. The maximum Gasteiger partial charge on any atom is 0.222 e. The first-order valence-corrected chi connectivity index (χ1v) is 8.20. The van der Waals surface area contributed by atoms with Crippen LogP contribution in [0.5, 0.6) is 0 Å². The average molecular weight is 306 g/mol. The Labute approximate surface area is 132 Å². The highest BCUT2D eigenvalue weighted by atomic mass is 16.5. The van der Waals surface area contributed by atoms with Crippen molar-refractivity contribution in [2.75, 3.05) is 39.4 Å². The van der Waals surface area contributed by atoms with E-state index in [0.717, 1.165) is 51.4 Å². The zero-order valence-electron chi connectivity index (χ0n) is 13.6. The van der Waals surface area contributed by atoms with Crippen LogP contribution in [0.2, 0.25) is 0 Å². The number of aromatic nitrogens is 2. The Morgan fingerprint density at radius 3 is 2.82 bits per heavy atom. The molecule has 2 atom stereocenters. The highest BCUT2D eigenvalue weighted by Crippen LogP contribution is 2.23. The van der Waals surface area contributed by atoms with Gasteiger partial charge in [0.1, 0.15) is 0 Å². The molecule has 0 bridgehead atoms. The Bertz CT molecular complexity index is 510. The number of likely N-dealkylation sites (tertiary alicyclic amines) is 1. The van der Waals surface area contributed by atoms with E-state index in [0.29, 0.717) is 18.4 Å². The molecule has 1 amide bonds. The second-order valence-corrected chi connectivity index (χ2v) is 6.51. The fourth-order valence-corrected chi connectivity index (χ4v) is 3.55. The van der Waals surface area contributed by atoms with Gasteiger partial charge in [0.05, 0.1) is 19.4 Å². The molecule has 3 heterocycles. The van der Waals surface area contributed by atoms with Crippen LogP contribution >= 0.6 is 0 Å². The highest BCUT2D eigenvalue weighted by Gasteiger charge is 2.36. The van der Waals surface area contributed by atoms with Gasteiger partial charge in [0, 0.05) is 51.9 Å². The summed E-state index contributed by atoms with van der Waals surface area (Å²) >= 11 is 0. The summed E-state index contributed by atoms with van der Waals surface area (Å²) in [5.74, 6) is 0.812. The molecule has 1 aromatic heterocycles. The van der Waals surface area contributed by atoms with E-state index in [4.69, 9.17) is 4.74 Å². The number of hydrogen-bond donors (Lipinski definition) is 0. The summed E-state index contributed by atoms with van der Waals surface area (Å²) in [4.78, 5) is 17.0. The molecule has 122 valence electrons. The van der Waals surface area contributed by atoms with Crippen molar-refractivity contribution < 1.29 is 9.53 Å². The van der Waals surface area contributed by atoms with Crippen LogP contribution in [0.1, 0.15) is 18.9 Å². The van der Waals surface area contributed by atoms with E-state index in [9.17, 15) is 4.79 Å². The third-order valence-corrected chi connectivity index (χ3v) is 4.83. The number of carbonyl (C=O) groups is 1. The van der Waals surface area contributed by atoms with Gasteiger partial charge in [-0.1, -0.05) is 6.92 Å². The molecule has 3 rings (SSSR count). The zero-order chi connectivity index (χ0) is 15.5. The molecule has 6 heteroatoms. The molecule has 0 radical (unpaired) electrons. The largest absolute Gasteiger partial charge is 0.379 e. The van der Waals surface area contributed by atoms with Gasteiger partial charge in [0.15, 0.2) is 0 Å². The monoisotopic (exact) mass is 306 g/mol. The Kier molecular flexibility index (Phi) is 4.78. The molecule has 0 aliphatic carbocycles. The fraction of sp³-hybridized carbons (Fsp3) is 0.750. The normalized spacial score (nSPS) is 26.5. The van der Waals surface area contributed by atoms with Crippen molar-refractivity contribution in [1.29, 1.82) is 0 Å². The van der Waals surface area contributed by atoms with Gasteiger partial charge in [-0.15, -0.1) is 0 Å². The number of amides is 1. The van der Waals surface area contributed by atoms with Crippen molar-refractivity contribution in [2.45, 2.75) is 25.8 Å². The molecule has 0 aromatic carbocycles. The summed E-state index contributed by atoms with van der Waals surface area (Å²) in [6.45, 7) is 7.63. The summed E-state index contributed by atoms with van der Waals surface area (Å²) in [5, 5.41) is 4.15. The first-order valence-electron chi connectivity index (χ1n) is 8.20. The van der Waals surface area contributed by atoms with Crippen LogP contribution in [0.3, 0.4) is 0 Å². The van der Waals surface area contributed by atoms with Gasteiger partial charge in [-0.3, -0.25) is 14.4 Å². The van der Waals surface area contributed by atoms with E-state index in [2.05, 4.69) is 16.9 Å². The molecule has 2 aliphatic heterocycles. The van der Waals surface area contributed by atoms with Crippen LogP contribution in [0, 0.1) is 5.92 Å². The van der Waals surface area contributed by atoms with E-state index in [1.54, 1.807) is 4.68 Å². The van der Waals surface area contributed by atoms with Crippen molar-refractivity contribution in [3.8, 4) is 0 Å². The lowest BCUT2D eigenvalue weighted by Gasteiger charge is -2.34. The van der Waals surface area contributed by atoms with Crippen LogP contribution in [0.15, 0.2) is 12.4 Å². The molecule has 0 saturated carbocycles. The maximum atomic E-state index is 12.5. The smallest absolute Gasteiger partial charge is 0.222 e. The molecule has 0 spiro atoms. The number of ether oxygens (including phenoxy) is 1. The molecule has 0 N–H and O–H groups in total. The van der Waals surface area contributed by atoms with E-state index >= 15 is 0 Å². The lowest BCUT2D eigenvalue weighted by atomic mass is 10.0. The standard InChI is InChI=1S/C16H26N4O2/c1-13-10-20(12-15(13)19-5-7-22-8-6-19)16(21)4-3-14-9-17-18(2)11-14/h9,11,13,15H,3-8,10,12H2,1-2H3. The lowest BCUT2D eigenvalue weighted by molar-refractivity contribution is -0.130. The van der Waals surface area contributed by atoms with Gasteiger partial charge in [-0.05, 0) is 17.9 Å². The number of carbonyl (C=O) groups excluding carboxylic acids is 1. The number of rotatable bonds is 4. The van der Waals surface area contributed by atoms with Gasteiger partial charge in [0.2, 0.25) is 5.91 Å². The lowest BCUT2D eigenvalue weighted by Crippen LogP contribution is -2.47. The Hall–Kier alpha value is -1.40. The average Bonchev–Trinajstić information content (AvgIpc) is 3.12. The van der Waals surface area contributed by atoms with E-state index in [1.807, 2.05) is 24.3 Å². The second kappa shape index (κ2) is 6.79. The fourth-order valence-electron chi connectivity index (χ4n) is 3.55. The van der Waals surface area contributed by atoms with Crippen LogP contribution in [0.4, 0.5) is 0 Å². The third-order valence-electron chi connectivity index (χ3n) is 4.83. The number of morpholine rings is 1. The number of aryl methyl sites for hydroxylation is 2. The van der Waals surface area contributed by atoms with E-state index in [1.165, 1.54) is 0 Å². The first-order chi connectivity index (χ1) is 10.6. The van der Waals surface area contributed by atoms with Crippen LogP contribution < -0.4 is 0 Å². The summed E-state index contributed by atoms with van der Waals surface area (Å²) in [6.07, 6.45) is 5.18. The second-order valence-electron chi connectivity index (χ2n) is 6.51. The molecule has 22 heavy (non-hydrogen) atoms. The van der Waals surface area contributed by atoms with Crippen molar-refractivity contribution in [2.24, 2.45) is 13.0 Å². The van der Waals surface area contributed by atoms with Gasteiger partial charge >= 0.3 is 0 Å². The summed E-state index contributed by atoms with van der Waals surface area (Å²) in [6, 6.07) is 0.492. The summed E-state index contributed by atoms with van der Waals surface area (Å²) in [7, 11) is 1.90. The summed E-state index contributed by atoms with van der Waals surface area (Å²) in [5.41, 5.74) is 1.13. The van der Waals surface area contributed by atoms with E-state index in [-0.39, 0.29) is 5.91 Å². The Morgan fingerprint density at radius 2 is 2.14 bits per heavy atom. The van der Waals surface area contributed by atoms with Crippen molar-refractivity contribution >= 4 is 5.91 Å². The highest BCUT2D eigenvalue weighted by molar-refractivity contribution is 5.76. The first kappa shape index (κ1) is 15.5. The molecular weight excluding hydrogens is 280 g/mol. The summed E-state index contributed by atoms with van der Waals surface area (Å²) < 4.78 is 7.21. The number of hydrogen-bond acceptors (Lipinski definition) is 4. The van der Waals surface area contributed by atoms with Crippen molar-refractivity contribution in [3.63, 3.8) is 0 Å². The van der Waals surface area contributed by atoms with Gasteiger partial charge in [0.25, 0.3) is 0 Å². The molecular formula is C16H26N4O2. The van der Waals surface area contributed by atoms with E-state index < -0.39 is 0 Å². The van der Waals surface area contributed by atoms with Crippen molar-refractivity contribution in [1.82, 2.24) is 19.6 Å². The predicted molar refractivity (Wildman–Crippen MR) is 83.5 cm³/mol. The third kappa shape index (κ3) is 3.50. The predicted octanol–water partition coefficient (Wildman–Crippen LogP) is 0.532.